The molecule has 1 aromatic carbocycles. The summed E-state index contributed by atoms with van der Waals surface area (Å²) in [4.78, 5) is 10.9. The van der Waals surface area contributed by atoms with E-state index >= 15 is 0 Å². The number of hydrogen-bond donors (Lipinski definition) is 0. The Labute approximate surface area is 78.3 Å². The van der Waals surface area contributed by atoms with Crippen molar-refractivity contribution in [2.45, 2.75) is 13.5 Å². The van der Waals surface area contributed by atoms with Gasteiger partial charge in [0.05, 0.1) is 5.56 Å². The number of hydrogen-bond acceptors (Lipinski definition) is 2. The number of carbonyl (C=O) groups excluding carboxylic acids is 1. The molecule has 5 heteroatoms. The van der Waals surface area contributed by atoms with Crippen molar-refractivity contribution in [3.8, 4) is 5.75 Å². The fourth-order valence-electron chi connectivity index (χ4n) is 1.04. The first-order valence-electron chi connectivity index (χ1n) is 3.76. The van der Waals surface area contributed by atoms with Crippen molar-refractivity contribution >= 4 is 5.78 Å². The van der Waals surface area contributed by atoms with Gasteiger partial charge >= 0.3 is 6.61 Å². The standard InChI is InChI=1S/C9H7F3O2/c1-5(13)8-6(10)3-2-4-7(8)14-9(11)12/h2-4,9H,1H3. The number of halogens is 3. The maximum absolute atomic E-state index is 13.0. The number of rotatable bonds is 3. The van der Waals surface area contributed by atoms with Crippen LogP contribution in [-0.4, -0.2) is 12.4 Å². The first-order valence-corrected chi connectivity index (χ1v) is 3.76. The van der Waals surface area contributed by atoms with Crippen molar-refractivity contribution < 1.29 is 22.7 Å². The van der Waals surface area contributed by atoms with Crippen molar-refractivity contribution in [3.05, 3.63) is 29.6 Å². The minimum atomic E-state index is -3.07. The maximum atomic E-state index is 13.0. The van der Waals surface area contributed by atoms with Gasteiger partial charge in [0.1, 0.15) is 11.6 Å². The van der Waals surface area contributed by atoms with Crippen LogP contribution >= 0.6 is 0 Å². The Kier molecular flexibility index (Phi) is 3.11. The number of ether oxygens (including phenoxy) is 1. The van der Waals surface area contributed by atoms with Gasteiger partial charge in [-0.1, -0.05) is 6.07 Å². The molecule has 0 spiro atoms. The zero-order valence-electron chi connectivity index (χ0n) is 7.26. The smallest absolute Gasteiger partial charge is 0.387 e. The van der Waals surface area contributed by atoms with Gasteiger partial charge in [-0.3, -0.25) is 4.79 Å². The van der Waals surface area contributed by atoms with Gasteiger partial charge in [-0.05, 0) is 19.1 Å². The minimum absolute atomic E-state index is 0.437. The minimum Gasteiger partial charge on any atom is -0.434 e. The van der Waals surface area contributed by atoms with Crippen LogP contribution in [0.4, 0.5) is 13.2 Å². The van der Waals surface area contributed by atoms with Gasteiger partial charge in [0.15, 0.2) is 5.78 Å². The van der Waals surface area contributed by atoms with E-state index in [2.05, 4.69) is 4.74 Å². The molecule has 1 aromatic rings. The normalized spacial score (nSPS) is 10.4. The van der Waals surface area contributed by atoms with Crippen LogP contribution in [0, 0.1) is 5.82 Å². The average molecular weight is 204 g/mol. The fraction of sp³-hybridized carbons (Fsp3) is 0.222. The molecule has 0 amide bonds. The second-order valence-electron chi connectivity index (χ2n) is 2.55. The van der Waals surface area contributed by atoms with Crippen LogP contribution in [0.15, 0.2) is 18.2 Å². The predicted octanol–water partition coefficient (Wildman–Crippen LogP) is 2.63. The van der Waals surface area contributed by atoms with Crippen LogP contribution in [-0.2, 0) is 0 Å². The Morgan fingerprint density at radius 3 is 2.57 bits per heavy atom. The molecule has 0 aliphatic rings. The van der Waals surface area contributed by atoms with Gasteiger partial charge in [-0.15, -0.1) is 0 Å². The van der Waals surface area contributed by atoms with Crippen molar-refractivity contribution in [2.75, 3.05) is 0 Å². The molecule has 0 bridgehead atoms. The molecule has 0 unspecified atom stereocenters. The van der Waals surface area contributed by atoms with Crippen LogP contribution < -0.4 is 4.74 Å². The number of benzene rings is 1. The van der Waals surface area contributed by atoms with Gasteiger partial charge in [0.25, 0.3) is 0 Å². The van der Waals surface area contributed by atoms with Crippen molar-refractivity contribution in [3.63, 3.8) is 0 Å². The summed E-state index contributed by atoms with van der Waals surface area (Å²) < 4.78 is 40.7. The van der Waals surface area contributed by atoms with E-state index in [4.69, 9.17) is 0 Å². The molecule has 1 rings (SSSR count). The third kappa shape index (κ3) is 2.25. The third-order valence-electron chi connectivity index (χ3n) is 1.54. The topological polar surface area (TPSA) is 26.3 Å². The quantitative estimate of drug-likeness (QED) is 0.707. The van der Waals surface area contributed by atoms with Crippen molar-refractivity contribution in [1.29, 1.82) is 0 Å². The summed E-state index contributed by atoms with van der Waals surface area (Å²) >= 11 is 0. The van der Waals surface area contributed by atoms with Crippen LogP contribution in [0.25, 0.3) is 0 Å². The highest BCUT2D eigenvalue weighted by Crippen LogP contribution is 2.23. The van der Waals surface area contributed by atoms with Crippen molar-refractivity contribution in [1.82, 2.24) is 0 Å². The van der Waals surface area contributed by atoms with E-state index in [0.717, 1.165) is 19.1 Å². The molecule has 0 saturated heterocycles. The molecular weight excluding hydrogens is 197 g/mol. The van der Waals surface area contributed by atoms with Gasteiger partial charge < -0.3 is 4.74 Å². The number of Topliss-reactive ketones (excluding diaryl/α,β-unsaturated/α-hetero) is 1. The lowest BCUT2D eigenvalue weighted by Crippen LogP contribution is -2.08. The summed E-state index contributed by atoms with van der Waals surface area (Å²) in [7, 11) is 0. The molecule has 0 aliphatic carbocycles. The summed E-state index contributed by atoms with van der Waals surface area (Å²) in [6, 6.07) is 3.32. The van der Waals surface area contributed by atoms with Gasteiger partial charge in [0.2, 0.25) is 0 Å². The largest absolute Gasteiger partial charge is 0.434 e. The fourth-order valence-corrected chi connectivity index (χ4v) is 1.04. The lowest BCUT2D eigenvalue weighted by molar-refractivity contribution is -0.0503. The molecule has 0 radical (unpaired) electrons. The molecular formula is C9H7F3O2. The van der Waals surface area contributed by atoms with Crippen LogP contribution in [0.1, 0.15) is 17.3 Å². The molecule has 0 N–H and O–H groups in total. The molecule has 0 aromatic heterocycles. The molecule has 0 heterocycles. The molecule has 0 aliphatic heterocycles. The maximum Gasteiger partial charge on any atom is 0.387 e. The second-order valence-corrected chi connectivity index (χ2v) is 2.55. The summed E-state index contributed by atoms with van der Waals surface area (Å²) in [5, 5.41) is 0. The number of ketones is 1. The van der Waals surface area contributed by atoms with Crippen molar-refractivity contribution in [2.24, 2.45) is 0 Å². The molecule has 0 fully saturated rings. The van der Waals surface area contributed by atoms with E-state index in [-0.39, 0.29) is 0 Å². The molecule has 2 nitrogen and oxygen atoms in total. The Hall–Kier alpha value is -1.52. The van der Waals surface area contributed by atoms with Gasteiger partial charge in [0, 0.05) is 0 Å². The summed E-state index contributed by atoms with van der Waals surface area (Å²) in [6.07, 6.45) is 0. The van der Waals surface area contributed by atoms with E-state index in [1.807, 2.05) is 0 Å². The summed E-state index contributed by atoms with van der Waals surface area (Å²) in [5.74, 6) is -1.96. The Morgan fingerprint density at radius 1 is 1.43 bits per heavy atom. The predicted molar refractivity (Wildman–Crippen MR) is 43.0 cm³/mol. The lowest BCUT2D eigenvalue weighted by atomic mass is 10.1. The SMILES string of the molecule is CC(=O)c1c(F)cccc1OC(F)F. The van der Waals surface area contributed by atoms with Crippen LogP contribution in [0.3, 0.4) is 0 Å². The molecule has 76 valence electrons. The Morgan fingerprint density at radius 2 is 2.07 bits per heavy atom. The van der Waals surface area contributed by atoms with E-state index in [9.17, 15) is 18.0 Å². The zero-order chi connectivity index (χ0) is 10.7. The Balaban J connectivity index is 3.14. The van der Waals surface area contributed by atoms with E-state index in [0.29, 0.717) is 0 Å². The van der Waals surface area contributed by atoms with E-state index < -0.39 is 29.5 Å². The van der Waals surface area contributed by atoms with E-state index in [1.165, 1.54) is 6.07 Å². The Bertz CT molecular complexity index is 350. The highest BCUT2D eigenvalue weighted by Gasteiger charge is 2.16. The summed E-state index contributed by atoms with van der Waals surface area (Å²) in [5.41, 5.74) is -0.451. The highest BCUT2D eigenvalue weighted by atomic mass is 19.3. The summed E-state index contributed by atoms with van der Waals surface area (Å²) in [6.45, 7) is -1.99. The third-order valence-corrected chi connectivity index (χ3v) is 1.54. The lowest BCUT2D eigenvalue weighted by Gasteiger charge is -2.08. The zero-order valence-corrected chi connectivity index (χ0v) is 7.26. The molecule has 14 heavy (non-hydrogen) atoms. The monoisotopic (exact) mass is 204 g/mol. The van der Waals surface area contributed by atoms with Crippen LogP contribution in [0.5, 0.6) is 5.75 Å². The molecule has 0 atom stereocenters. The average Bonchev–Trinajstić information content (AvgIpc) is 2.01. The van der Waals surface area contributed by atoms with Gasteiger partial charge in [-0.25, -0.2) is 4.39 Å². The van der Waals surface area contributed by atoms with Crippen LogP contribution in [0.2, 0.25) is 0 Å². The molecule has 0 saturated carbocycles. The van der Waals surface area contributed by atoms with Gasteiger partial charge in [-0.2, -0.15) is 8.78 Å². The second kappa shape index (κ2) is 4.13. The first-order chi connectivity index (χ1) is 6.52. The highest BCUT2D eigenvalue weighted by molar-refractivity contribution is 5.97. The number of carbonyl (C=O) groups is 1. The first kappa shape index (κ1) is 10.6. The van der Waals surface area contributed by atoms with E-state index in [1.54, 1.807) is 0 Å². The number of alkyl halides is 2.